The fraction of sp³-hybridized carbons (Fsp3) is 0.441. The summed E-state index contributed by atoms with van der Waals surface area (Å²) in [7, 11) is 1.82. The Morgan fingerprint density at radius 2 is 1.96 bits per heavy atom. The Hall–Kier alpha value is -4.34. The number of ether oxygens (including phenoxy) is 1. The molecule has 10 nitrogen and oxygen atoms in total. The predicted molar refractivity (Wildman–Crippen MR) is 176 cm³/mol. The highest BCUT2D eigenvalue weighted by Crippen LogP contribution is 2.44. The van der Waals surface area contributed by atoms with E-state index in [1.165, 1.54) is 11.1 Å². The van der Waals surface area contributed by atoms with E-state index in [0.717, 1.165) is 5.39 Å². The molecule has 47 heavy (non-hydrogen) atoms. The number of fused-ring (bicyclic) bond motifs is 2. The topological polar surface area (TPSA) is 119 Å². The summed E-state index contributed by atoms with van der Waals surface area (Å²) in [6, 6.07) is 12.8. The number of aromatic nitrogens is 3. The van der Waals surface area contributed by atoms with Crippen molar-refractivity contribution in [2.45, 2.75) is 51.4 Å². The lowest BCUT2D eigenvalue weighted by Gasteiger charge is -2.55. The Bertz CT molecular complexity index is 1890. The number of nitrogens with zero attached hydrogens (tertiary/aromatic N) is 7. The van der Waals surface area contributed by atoms with Gasteiger partial charge in [-0.05, 0) is 30.3 Å². The zero-order valence-corrected chi connectivity index (χ0v) is 27.4. The van der Waals surface area contributed by atoms with Gasteiger partial charge in [-0.2, -0.15) is 15.2 Å². The van der Waals surface area contributed by atoms with Gasteiger partial charge in [0.05, 0.1) is 23.4 Å². The van der Waals surface area contributed by atoms with Crippen molar-refractivity contribution in [1.29, 1.82) is 5.26 Å². The van der Waals surface area contributed by atoms with E-state index >= 15 is 4.39 Å². The number of nitriles is 1. The molecule has 6 rings (SSSR count). The summed E-state index contributed by atoms with van der Waals surface area (Å²) in [5, 5.41) is 22.3. The Morgan fingerprint density at radius 3 is 2.62 bits per heavy atom. The highest BCUT2D eigenvalue weighted by Gasteiger charge is 2.52. The maximum atomic E-state index is 16.8. The number of hydrogen-bond acceptors (Lipinski definition) is 8. The number of pyridine rings is 1. The van der Waals surface area contributed by atoms with E-state index in [2.05, 4.69) is 16.0 Å². The summed E-state index contributed by atoms with van der Waals surface area (Å²) >= 11 is 6.58. The minimum Gasteiger partial charge on any atom is -0.465 e. The van der Waals surface area contributed by atoms with Crippen molar-refractivity contribution in [3.8, 4) is 23.3 Å². The summed E-state index contributed by atoms with van der Waals surface area (Å²) < 4.78 is 36.9. The van der Waals surface area contributed by atoms with Crippen LogP contribution < -0.4 is 9.64 Å². The number of likely N-dealkylation sites (N-methyl/N-ethyl adjacent to an activating group) is 1. The van der Waals surface area contributed by atoms with Gasteiger partial charge in [-0.3, -0.25) is 14.8 Å². The van der Waals surface area contributed by atoms with Crippen LogP contribution in [0.25, 0.3) is 32.9 Å². The van der Waals surface area contributed by atoms with Gasteiger partial charge in [-0.1, -0.05) is 62.7 Å². The van der Waals surface area contributed by atoms with Crippen LogP contribution in [0.3, 0.4) is 0 Å². The number of rotatable bonds is 6. The molecule has 1 N–H and O–H groups in total. The van der Waals surface area contributed by atoms with E-state index in [4.69, 9.17) is 21.3 Å². The molecular formula is C34H36ClF2N7O3. The van der Waals surface area contributed by atoms with E-state index in [-0.39, 0.29) is 62.5 Å². The molecule has 13 heteroatoms. The fourth-order valence-corrected chi connectivity index (χ4v) is 7.23. The number of halogens is 3. The third-order valence-corrected chi connectivity index (χ3v) is 9.97. The lowest BCUT2D eigenvalue weighted by molar-refractivity contribution is -0.00278. The summed E-state index contributed by atoms with van der Waals surface area (Å²) in [5.74, 6) is -0.396. The van der Waals surface area contributed by atoms with Crippen LogP contribution in [-0.4, -0.2) is 93.5 Å². The number of piperazine rings is 1. The van der Waals surface area contributed by atoms with Crippen LogP contribution in [-0.2, 0) is 0 Å². The number of benzene rings is 2. The maximum Gasteiger partial charge on any atom is 0.407 e. The molecule has 4 heterocycles. The molecule has 2 aromatic heterocycles. The number of anilines is 1. The number of carboxylic acid groups (broad SMARTS) is 1. The zero-order chi connectivity index (χ0) is 33.7. The predicted octanol–water partition coefficient (Wildman–Crippen LogP) is 6.56. The maximum absolute atomic E-state index is 16.8. The lowest BCUT2D eigenvalue weighted by atomic mass is 9.69. The van der Waals surface area contributed by atoms with Gasteiger partial charge in [0.15, 0.2) is 5.82 Å². The average Bonchev–Trinajstić information content (AvgIpc) is 3.35. The monoisotopic (exact) mass is 663 g/mol. The van der Waals surface area contributed by atoms with Gasteiger partial charge in [0, 0.05) is 54.4 Å². The first-order valence-electron chi connectivity index (χ1n) is 15.5. The van der Waals surface area contributed by atoms with Crippen LogP contribution in [0.1, 0.15) is 33.6 Å². The molecule has 246 valence electrons. The molecule has 0 spiro atoms. The second-order valence-electron chi connectivity index (χ2n) is 13.4. The van der Waals surface area contributed by atoms with Crippen LogP contribution in [0.4, 0.5) is 19.4 Å². The molecule has 2 fully saturated rings. The molecule has 1 amide bonds. The Kier molecular flexibility index (Phi) is 8.57. The molecule has 0 saturated carbocycles. The molecule has 2 saturated heterocycles. The van der Waals surface area contributed by atoms with Crippen molar-refractivity contribution in [2.75, 3.05) is 44.7 Å². The van der Waals surface area contributed by atoms with E-state index < -0.39 is 29.0 Å². The SMILES string of the molecule is CN1C[C@H](F)C[C@H]1COc1nc(N2CCN(C(=O)O)[C@@](CC#N)(C(C)(C)C)C2)c2cnc(-c3cccc4cccc(Cl)c34)c(F)c2n1. The molecule has 0 aliphatic carbocycles. The summed E-state index contributed by atoms with van der Waals surface area (Å²) in [5.41, 5.74) is -1.26. The minimum absolute atomic E-state index is 0.0375. The quantitative estimate of drug-likeness (QED) is 0.245. The summed E-state index contributed by atoms with van der Waals surface area (Å²) in [4.78, 5) is 31.3. The van der Waals surface area contributed by atoms with Crippen molar-refractivity contribution in [1.82, 2.24) is 24.8 Å². The molecule has 2 aliphatic heterocycles. The van der Waals surface area contributed by atoms with Gasteiger partial charge in [0.25, 0.3) is 0 Å². The highest BCUT2D eigenvalue weighted by atomic mass is 35.5. The largest absolute Gasteiger partial charge is 0.465 e. The standard InChI is InChI=1S/C34H36ClF2N7O3/c1-33(2,3)34(11-12-38)19-43(13-14-44(34)32(45)46)30-24-16-39-28(23-9-5-7-20-8-6-10-25(35)26(20)23)27(37)29(24)40-31(41-30)47-18-22-15-21(36)17-42(22)4/h5-10,16,21-22H,11,13-15,17-19H2,1-4H3,(H,45,46)/t21-,22+,34-/m1/s1. The van der Waals surface area contributed by atoms with Crippen LogP contribution in [0.15, 0.2) is 42.6 Å². The first-order chi connectivity index (χ1) is 22.3. The van der Waals surface area contributed by atoms with E-state index in [0.29, 0.717) is 33.6 Å². The molecule has 2 aliphatic rings. The Morgan fingerprint density at radius 1 is 1.21 bits per heavy atom. The lowest BCUT2D eigenvalue weighted by Crippen LogP contribution is -2.69. The van der Waals surface area contributed by atoms with Gasteiger partial charge < -0.3 is 14.7 Å². The van der Waals surface area contributed by atoms with Gasteiger partial charge in [0.1, 0.15) is 29.8 Å². The molecule has 2 aromatic carbocycles. The van der Waals surface area contributed by atoms with E-state index in [9.17, 15) is 19.6 Å². The summed E-state index contributed by atoms with van der Waals surface area (Å²) in [6.45, 7) is 6.49. The third kappa shape index (κ3) is 5.76. The number of hydrogen-bond donors (Lipinski definition) is 1. The zero-order valence-electron chi connectivity index (χ0n) is 26.7. The van der Waals surface area contributed by atoms with Crippen LogP contribution in [0.2, 0.25) is 5.02 Å². The van der Waals surface area contributed by atoms with Crippen molar-refractivity contribution in [2.24, 2.45) is 5.41 Å². The van der Waals surface area contributed by atoms with Gasteiger partial charge in [-0.25, -0.2) is 13.6 Å². The second-order valence-corrected chi connectivity index (χ2v) is 13.8. The number of carbonyl (C=O) groups is 1. The number of alkyl halides is 1. The first-order valence-corrected chi connectivity index (χ1v) is 15.9. The van der Waals surface area contributed by atoms with Crippen LogP contribution in [0.5, 0.6) is 6.01 Å². The number of likely N-dealkylation sites (tertiary alicyclic amines) is 1. The fourth-order valence-electron chi connectivity index (χ4n) is 6.95. The Labute approximate surface area is 276 Å². The molecule has 0 bridgehead atoms. The highest BCUT2D eigenvalue weighted by molar-refractivity contribution is 6.36. The summed E-state index contributed by atoms with van der Waals surface area (Å²) in [6.07, 6.45) is -0.363. The third-order valence-electron chi connectivity index (χ3n) is 9.66. The number of amides is 1. The minimum atomic E-state index is -1.12. The van der Waals surface area contributed by atoms with E-state index in [1.54, 1.807) is 18.2 Å². The van der Waals surface area contributed by atoms with Gasteiger partial charge in [-0.15, -0.1) is 0 Å². The van der Waals surface area contributed by atoms with Crippen molar-refractivity contribution in [3.63, 3.8) is 0 Å². The average molecular weight is 664 g/mol. The van der Waals surface area contributed by atoms with Crippen LogP contribution >= 0.6 is 11.6 Å². The van der Waals surface area contributed by atoms with Gasteiger partial charge >= 0.3 is 12.1 Å². The molecule has 3 atom stereocenters. The first kappa shape index (κ1) is 32.6. The normalized spacial score (nSPS) is 22.2. The van der Waals surface area contributed by atoms with Crippen molar-refractivity contribution >= 4 is 45.2 Å². The van der Waals surface area contributed by atoms with Gasteiger partial charge in [0.2, 0.25) is 0 Å². The Balaban J connectivity index is 1.51. The second kappa shape index (κ2) is 12.4. The van der Waals surface area contributed by atoms with Crippen LogP contribution in [0, 0.1) is 22.6 Å². The van der Waals surface area contributed by atoms with Crippen molar-refractivity contribution < 1.29 is 23.4 Å². The molecule has 4 aromatic rings. The van der Waals surface area contributed by atoms with Crippen molar-refractivity contribution in [3.05, 3.63) is 53.4 Å². The van der Waals surface area contributed by atoms with E-state index in [1.807, 2.05) is 55.8 Å². The molecular weight excluding hydrogens is 628 g/mol. The molecule has 0 unspecified atom stereocenters. The smallest absolute Gasteiger partial charge is 0.407 e. The molecule has 0 radical (unpaired) electrons.